The van der Waals surface area contributed by atoms with E-state index in [2.05, 4.69) is 20.8 Å². The smallest absolute Gasteiger partial charge is 0.410 e. The number of carbonyl (C=O) groups is 2. The maximum Gasteiger partial charge on any atom is 0.410 e. The van der Waals surface area contributed by atoms with Gasteiger partial charge in [-0.3, -0.25) is 4.79 Å². The molecule has 0 unspecified atom stereocenters. The summed E-state index contributed by atoms with van der Waals surface area (Å²) in [7, 11) is 3.42. The predicted octanol–water partition coefficient (Wildman–Crippen LogP) is 3.88. The SMILES string of the molecule is CC(C)(C)OC(=O)N(CCSSC(C)(C)C)CCC(=O)O. The molecule has 0 rings (SSSR count). The Hall–Kier alpha value is -0.560. The standard InChI is InChI=1S/C14H27NO4S2/c1-13(2,3)19-12(18)15(8-7-11(16)17)9-10-20-21-14(4,5)6/h7-10H2,1-6H3,(H,16,17). The zero-order chi connectivity index (χ0) is 16.7. The van der Waals surface area contributed by atoms with E-state index in [1.165, 1.54) is 4.90 Å². The second-order valence-electron chi connectivity index (χ2n) is 6.63. The van der Waals surface area contributed by atoms with Crippen molar-refractivity contribution in [3.05, 3.63) is 0 Å². The highest BCUT2D eigenvalue weighted by Gasteiger charge is 2.22. The second-order valence-corrected chi connectivity index (χ2v) is 9.87. The minimum Gasteiger partial charge on any atom is -0.481 e. The molecule has 0 spiro atoms. The van der Waals surface area contributed by atoms with Crippen molar-refractivity contribution in [1.82, 2.24) is 4.90 Å². The van der Waals surface area contributed by atoms with Gasteiger partial charge in [-0.25, -0.2) is 4.79 Å². The molecular weight excluding hydrogens is 310 g/mol. The van der Waals surface area contributed by atoms with Crippen LogP contribution in [0.1, 0.15) is 48.0 Å². The predicted molar refractivity (Wildman–Crippen MR) is 89.9 cm³/mol. The first-order valence-electron chi connectivity index (χ1n) is 6.91. The van der Waals surface area contributed by atoms with Gasteiger partial charge >= 0.3 is 12.1 Å². The lowest BCUT2D eigenvalue weighted by molar-refractivity contribution is -0.137. The first-order chi connectivity index (χ1) is 9.41. The third kappa shape index (κ3) is 12.9. The fraction of sp³-hybridized carbons (Fsp3) is 0.857. The van der Waals surface area contributed by atoms with Gasteiger partial charge in [0.15, 0.2) is 0 Å². The van der Waals surface area contributed by atoms with Crippen LogP contribution in [0.4, 0.5) is 4.79 Å². The summed E-state index contributed by atoms with van der Waals surface area (Å²) in [5.41, 5.74) is -0.578. The number of carboxylic acid groups (broad SMARTS) is 1. The number of ether oxygens (including phenoxy) is 1. The topological polar surface area (TPSA) is 66.8 Å². The van der Waals surface area contributed by atoms with E-state index in [-0.39, 0.29) is 17.7 Å². The van der Waals surface area contributed by atoms with Gasteiger partial charge in [0.05, 0.1) is 6.42 Å². The molecule has 0 aliphatic rings. The maximum atomic E-state index is 12.1. The Morgan fingerprint density at radius 2 is 1.67 bits per heavy atom. The Balaban J connectivity index is 4.38. The number of rotatable bonds is 7. The molecule has 0 saturated heterocycles. The minimum atomic E-state index is -0.916. The van der Waals surface area contributed by atoms with Crippen LogP contribution in [0.25, 0.3) is 0 Å². The van der Waals surface area contributed by atoms with Crippen LogP contribution >= 0.6 is 21.6 Å². The number of carboxylic acids is 1. The molecule has 0 aromatic rings. The molecule has 0 heterocycles. The summed E-state index contributed by atoms with van der Waals surface area (Å²) in [6.07, 6.45) is -0.527. The fourth-order valence-electron chi connectivity index (χ4n) is 1.22. The Kier molecular flexibility index (Phi) is 8.54. The zero-order valence-electron chi connectivity index (χ0n) is 13.8. The van der Waals surface area contributed by atoms with E-state index >= 15 is 0 Å². The molecule has 21 heavy (non-hydrogen) atoms. The summed E-state index contributed by atoms with van der Waals surface area (Å²) in [4.78, 5) is 24.2. The molecule has 0 atom stereocenters. The number of amides is 1. The number of carbonyl (C=O) groups excluding carboxylic acids is 1. The van der Waals surface area contributed by atoms with Crippen molar-refractivity contribution in [3.8, 4) is 0 Å². The quantitative estimate of drug-likeness (QED) is 0.562. The number of hydrogen-bond donors (Lipinski definition) is 1. The normalized spacial score (nSPS) is 12.1. The number of hydrogen-bond acceptors (Lipinski definition) is 5. The van der Waals surface area contributed by atoms with Crippen molar-refractivity contribution in [3.63, 3.8) is 0 Å². The van der Waals surface area contributed by atoms with E-state index in [0.717, 1.165) is 5.75 Å². The van der Waals surface area contributed by atoms with Crippen molar-refractivity contribution in [2.75, 3.05) is 18.8 Å². The third-order valence-corrected chi connectivity index (χ3v) is 5.32. The van der Waals surface area contributed by atoms with E-state index in [1.54, 1.807) is 42.4 Å². The van der Waals surface area contributed by atoms with Crippen LogP contribution in [0.5, 0.6) is 0 Å². The Labute approximate surface area is 135 Å². The molecule has 7 heteroatoms. The molecule has 124 valence electrons. The van der Waals surface area contributed by atoms with Crippen molar-refractivity contribution >= 4 is 33.7 Å². The second kappa shape index (κ2) is 8.78. The highest BCUT2D eigenvalue weighted by Crippen LogP contribution is 2.34. The van der Waals surface area contributed by atoms with E-state index in [1.807, 2.05) is 0 Å². The van der Waals surface area contributed by atoms with Crippen molar-refractivity contribution in [1.29, 1.82) is 0 Å². The first kappa shape index (κ1) is 20.4. The molecule has 0 aromatic carbocycles. The van der Waals surface area contributed by atoms with Gasteiger partial charge in [0.1, 0.15) is 5.60 Å². The maximum absolute atomic E-state index is 12.1. The van der Waals surface area contributed by atoms with Crippen molar-refractivity contribution in [2.45, 2.75) is 58.3 Å². The molecule has 0 saturated carbocycles. The molecule has 1 N–H and O–H groups in total. The lowest BCUT2D eigenvalue weighted by Crippen LogP contribution is -2.39. The van der Waals surface area contributed by atoms with E-state index in [4.69, 9.17) is 9.84 Å². The summed E-state index contributed by atoms with van der Waals surface area (Å²) in [5, 5.41) is 8.77. The number of aliphatic carboxylic acids is 1. The van der Waals surface area contributed by atoms with Crippen LogP contribution in [-0.4, -0.2) is 51.3 Å². The lowest BCUT2D eigenvalue weighted by atomic mass is 10.2. The average Bonchev–Trinajstić information content (AvgIpc) is 2.23. The summed E-state index contributed by atoms with van der Waals surface area (Å²) < 4.78 is 5.46. The molecule has 0 aliphatic heterocycles. The van der Waals surface area contributed by atoms with Crippen molar-refractivity contribution in [2.24, 2.45) is 0 Å². The third-order valence-electron chi connectivity index (χ3n) is 2.00. The van der Waals surface area contributed by atoms with Crippen LogP contribution < -0.4 is 0 Å². The Bertz CT molecular complexity index is 348. The van der Waals surface area contributed by atoms with Gasteiger partial charge in [0.2, 0.25) is 0 Å². The summed E-state index contributed by atoms with van der Waals surface area (Å²) in [5.74, 6) is -0.180. The number of nitrogens with zero attached hydrogens (tertiary/aromatic N) is 1. The largest absolute Gasteiger partial charge is 0.481 e. The van der Waals surface area contributed by atoms with Gasteiger partial charge in [-0.05, 0) is 20.8 Å². The summed E-state index contributed by atoms with van der Waals surface area (Å²) in [6.45, 7) is 12.4. The fourth-order valence-corrected chi connectivity index (χ4v) is 3.48. The molecule has 5 nitrogen and oxygen atoms in total. The average molecular weight is 338 g/mol. The van der Waals surface area contributed by atoms with Gasteiger partial charge in [-0.2, -0.15) is 0 Å². The van der Waals surface area contributed by atoms with Gasteiger partial charge in [0, 0.05) is 23.6 Å². The van der Waals surface area contributed by atoms with Crippen LogP contribution in [-0.2, 0) is 9.53 Å². The molecule has 0 radical (unpaired) electrons. The van der Waals surface area contributed by atoms with E-state index in [9.17, 15) is 9.59 Å². The van der Waals surface area contributed by atoms with E-state index in [0.29, 0.717) is 6.54 Å². The van der Waals surface area contributed by atoms with Crippen LogP contribution in [0.2, 0.25) is 0 Å². The monoisotopic (exact) mass is 337 g/mol. The summed E-state index contributed by atoms with van der Waals surface area (Å²) >= 11 is 0. The van der Waals surface area contributed by atoms with Gasteiger partial charge in [-0.15, -0.1) is 0 Å². The lowest BCUT2D eigenvalue weighted by Gasteiger charge is -2.27. The van der Waals surface area contributed by atoms with Gasteiger partial charge < -0.3 is 14.7 Å². The molecule has 0 aliphatic carbocycles. The van der Waals surface area contributed by atoms with Crippen LogP contribution in [0.15, 0.2) is 0 Å². The highest BCUT2D eigenvalue weighted by molar-refractivity contribution is 8.77. The van der Waals surface area contributed by atoms with Crippen molar-refractivity contribution < 1.29 is 19.4 Å². The van der Waals surface area contributed by atoms with Gasteiger partial charge in [-0.1, -0.05) is 42.4 Å². The molecular formula is C14H27NO4S2. The highest BCUT2D eigenvalue weighted by atomic mass is 33.1. The summed E-state index contributed by atoms with van der Waals surface area (Å²) in [6, 6.07) is 0. The Morgan fingerprint density at radius 3 is 2.10 bits per heavy atom. The molecule has 0 aromatic heterocycles. The Morgan fingerprint density at radius 1 is 1.10 bits per heavy atom. The van der Waals surface area contributed by atoms with Crippen LogP contribution in [0, 0.1) is 0 Å². The molecule has 0 bridgehead atoms. The first-order valence-corrected chi connectivity index (χ1v) is 9.23. The zero-order valence-corrected chi connectivity index (χ0v) is 15.4. The van der Waals surface area contributed by atoms with Crippen LogP contribution in [0.3, 0.4) is 0 Å². The van der Waals surface area contributed by atoms with Gasteiger partial charge in [0.25, 0.3) is 0 Å². The molecule has 0 fully saturated rings. The van der Waals surface area contributed by atoms with E-state index < -0.39 is 17.7 Å². The minimum absolute atomic E-state index is 0.0731. The molecule has 1 amide bonds.